The highest BCUT2D eigenvalue weighted by Crippen LogP contribution is 2.77. The van der Waals surface area contributed by atoms with Crippen molar-refractivity contribution in [3.63, 3.8) is 0 Å². The first-order valence-electron chi connectivity index (χ1n) is 17.2. The maximum atomic E-state index is 13.3. The van der Waals surface area contributed by atoms with Crippen molar-refractivity contribution in [2.24, 2.45) is 29.1 Å². The topological polar surface area (TPSA) is 134 Å². The highest BCUT2D eigenvalue weighted by molar-refractivity contribution is 6.04. The highest BCUT2D eigenvalue weighted by atomic mass is 16.6. The Hall–Kier alpha value is -1.58. The molecular weight excluding hydrogens is 560 g/mol. The summed E-state index contributed by atoms with van der Waals surface area (Å²) in [5.74, 6) is -3.68. The van der Waals surface area contributed by atoms with Crippen LogP contribution in [0.1, 0.15) is 125 Å². The Morgan fingerprint density at radius 1 is 1.00 bits per heavy atom. The monoisotopic (exact) mass is 618 g/mol. The van der Waals surface area contributed by atoms with Gasteiger partial charge >= 0.3 is 5.97 Å². The van der Waals surface area contributed by atoms with Crippen molar-refractivity contribution in [2.75, 3.05) is 6.61 Å². The van der Waals surface area contributed by atoms with Gasteiger partial charge in [0.15, 0.2) is 12.1 Å². The molecule has 0 saturated heterocycles. The van der Waals surface area contributed by atoms with Crippen molar-refractivity contribution in [3.8, 4) is 0 Å². The lowest BCUT2D eigenvalue weighted by molar-refractivity contribution is -0.261. The summed E-state index contributed by atoms with van der Waals surface area (Å²) < 4.78 is 12.5. The Kier molecular flexibility index (Phi) is 10.9. The van der Waals surface area contributed by atoms with E-state index in [-0.39, 0.29) is 13.0 Å². The van der Waals surface area contributed by atoms with Crippen LogP contribution < -0.4 is 0 Å². The lowest BCUT2D eigenvalue weighted by atomic mass is 9.59. The van der Waals surface area contributed by atoms with Gasteiger partial charge in [-0.2, -0.15) is 0 Å². The van der Waals surface area contributed by atoms with Crippen LogP contribution in [0, 0.1) is 29.1 Å². The van der Waals surface area contributed by atoms with Gasteiger partial charge in [-0.25, -0.2) is 0 Å². The number of rotatable bonds is 16. The normalized spacial score (nSPS) is 37.7. The smallest absolute Gasteiger partial charge is 0.303 e. The second-order valence-electron chi connectivity index (χ2n) is 14.9. The van der Waals surface area contributed by atoms with Crippen molar-refractivity contribution in [1.82, 2.24) is 0 Å². The fourth-order valence-electron chi connectivity index (χ4n) is 9.31. The molecule has 2 saturated carbocycles. The van der Waals surface area contributed by atoms with Crippen molar-refractivity contribution in [3.05, 3.63) is 23.3 Å². The number of carbonyl (C=O) groups is 2. The van der Waals surface area contributed by atoms with Crippen LogP contribution in [0.2, 0.25) is 0 Å². The molecule has 4 aliphatic carbocycles. The first kappa shape index (κ1) is 35.3. The Bertz CT molecular complexity index is 1110. The Morgan fingerprint density at radius 2 is 1.57 bits per heavy atom. The van der Waals surface area contributed by atoms with E-state index < -0.39 is 70.0 Å². The SMILES string of the molecule is CCCCCCCCCCCCCC(O)O[C@@H]1[C@@H](C)[C@@]2(O)[C@@H](C=C(CO)C[C@]3(O)C(=O)C(C)=C[C@@H]23)[C@@H]2C(C)(C)[C@]12OC(C)=O. The number of carbonyl (C=O) groups excluding carboxylic acids is 2. The van der Waals surface area contributed by atoms with Crippen molar-refractivity contribution in [2.45, 2.75) is 154 Å². The predicted molar refractivity (Wildman–Crippen MR) is 168 cm³/mol. The summed E-state index contributed by atoms with van der Waals surface area (Å²) in [4.78, 5) is 25.8. The zero-order chi connectivity index (χ0) is 32.5. The highest BCUT2D eigenvalue weighted by Gasteiger charge is 2.87. The third kappa shape index (κ3) is 5.99. The number of aliphatic hydroxyl groups is 4. The number of ketones is 1. The molecule has 0 aromatic heterocycles. The minimum Gasteiger partial charge on any atom is -0.456 e. The molecular formula is C36H58O8. The quantitative estimate of drug-likeness (QED) is 0.0767. The van der Waals surface area contributed by atoms with Gasteiger partial charge in [-0.3, -0.25) is 9.59 Å². The van der Waals surface area contributed by atoms with Crippen molar-refractivity contribution in [1.29, 1.82) is 0 Å². The molecule has 8 heteroatoms. The van der Waals surface area contributed by atoms with Crippen LogP contribution in [0.15, 0.2) is 23.3 Å². The predicted octanol–water partition coefficient (Wildman–Crippen LogP) is 5.54. The zero-order valence-electron chi connectivity index (χ0n) is 27.9. The van der Waals surface area contributed by atoms with Gasteiger partial charge in [-0.15, -0.1) is 0 Å². The first-order valence-corrected chi connectivity index (χ1v) is 17.2. The largest absolute Gasteiger partial charge is 0.456 e. The second kappa shape index (κ2) is 13.6. The molecule has 0 aliphatic heterocycles. The molecule has 8 nitrogen and oxygen atoms in total. The van der Waals surface area contributed by atoms with E-state index in [0.29, 0.717) is 17.6 Å². The van der Waals surface area contributed by atoms with E-state index in [1.165, 1.54) is 58.3 Å². The fourth-order valence-corrected chi connectivity index (χ4v) is 9.31. The lowest BCUT2D eigenvalue weighted by Gasteiger charge is -2.53. The summed E-state index contributed by atoms with van der Waals surface area (Å²) in [7, 11) is 0. The van der Waals surface area contributed by atoms with E-state index in [4.69, 9.17) is 9.47 Å². The van der Waals surface area contributed by atoms with Crippen molar-refractivity contribution < 1.29 is 39.5 Å². The summed E-state index contributed by atoms with van der Waals surface area (Å²) >= 11 is 0. The van der Waals surface area contributed by atoms with Crippen LogP contribution in [0.3, 0.4) is 0 Å². The van der Waals surface area contributed by atoms with Gasteiger partial charge in [-0.05, 0) is 30.9 Å². The number of aliphatic hydroxyl groups excluding tert-OH is 2. The minimum absolute atomic E-state index is 0.0902. The average molecular weight is 619 g/mol. The van der Waals surface area contributed by atoms with Crippen LogP contribution in [0.4, 0.5) is 0 Å². The van der Waals surface area contributed by atoms with Crippen LogP contribution in [-0.2, 0) is 19.1 Å². The number of unbranched alkanes of at least 4 members (excludes halogenated alkanes) is 10. The third-order valence-electron chi connectivity index (χ3n) is 11.6. The van der Waals surface area contributed by atoms with Gasteiger partial charge in [0, 0.05) is 42.4 Å². The molecule has 0 aromatic rings. The van der Waals surface area contributed by atoms with E-state index in [1.54, 1.807) is 26.0 Å². The van der Waals surface area contributed by atoms with Crippen LogP contribution in [0.5, 0.6) is 0 Å². The Balaban J connectivity index is 1.50. The third-order valence-corrected chi connectivity index (χ3v) is 11.6. The second-order valence-corrected chi connectivity index (χ2v) is 14.9. The number of esters is 1. The number of Topliss-reactive ketones (excluding diaryl/α,β-unsaturated/α-hetero) is 1. The van der Waals surface area contributed by atoms with Gasteiger partial charge < -0.3 is 29.9 Å². The molecule has 250 valence electrons. The van der Waals surface area contributed by atoms with Crippen LogP contribution >= 0.6 is 0 Å². The molecule has 1 unspecified atom stereocenters. The molecule has 0 radical (unpaired) electrons. The maximum absolute atomic E-state index is 13.3. The summed E-state index contributed by atoms with van der Waals surface area (Å²) in [6.45, 7) is 10.6. The molecule has 4 N–H and O–H groups in total. The molecule has 2 fully saturated rings. The minimum atomic E-state index is -1.91. The molecule has 9 atom stereocenters. The summed E-state index contributed by atoms with van der Waals surface area (Å²) in [5.41, 5.74) is -4.51. The molecule has 0 heterocycles. The Labute approximate surface area is 264 Å². The molecule has 4 aliphatic rings. The number of hydrogen-bond donors (Lipinski definition) is 4. The maximum Gasteiger partial charge on any atom is 0.303 e. The van der Waals surface area contributed by atoms with Gasteiger partial charge in [0.2, 0.25) is 0 Å². The molecule has 0 spiro atoms. The first-order chi connectivity index (χ1) is 20.7. The summed E-state index contributed by atoms with van der Waals surface area (Å²) in [6, 6.07) is 0. The molecule has 44 heavy (non-hydrogen) atoms. The number of fused-ring (bicyclic) bond motifs is 5. The van der Waals surface area contributed by atoms with E-state index >= 15 is 0 Å². The summed E-state index contributed by atoms with van der Waals surface area (Å²) in [6.07, 6.45) is 14.9. The van der Waals surface area contributed by atoms with E-state index in [9.17, 15) is 30.0 Å². The molecule has 4 rings (SSSR count). The van der Waals surface area contributed by atoms with Crippen molar-refractivity contribution >= 4 is 11.8 Å². The molecule has 0 aromatic carbocycles. The van der Waals surface area contributed by atoms with Crippen LogP contribution in [-0.4, -0.2) is 68.0 Å². The standard InChI is InChI=1S/C36H58O8/c1-7-8-9-10-11-12-13-14-15-16-17-18-29(39)43-32-24(3)35(42)27(30-33(5,6)36(30,32)44-25(4)38)20-26(22-37)21-34(41)28(35)19-23(2)31(34)40/h19-20,24,27-30,32,37,39,41-42H,7-18,21-22H2,1-6H3/t24-,27+,28-,29?,30-,32-,34-,35-,36-/m1/s1. The fraction of sp³-hybridized carbons (Fsp3) is 0.833. The molecule has 0 bridgehead atoms. The lowest BCUT2D eigenvalue weighted by Crippen LogP contribution is -2.66. The molecule has 0 amide bonds. The van der Waals surface area contributed by atoms with Gasteiger partial charge in [0.05, 0.1) is 12.2 Å². The van der Waals surface area contributed by atoms with E-state index in [0.717, 1.165) is 19.3 Å². The Morgan fingerprint density at radius 3 is 2.11 bits per heavy atom. The van der Waals surface area contributed by atoms with Crippen LogP contribution in [0.25, 0.3) is 0 Å². The number of hydrogen-bond acceptors (Lipinski definition) is 8. The zero-order valence-corrected chi connectivity index (χ0v) is 27.9. The average Bonchev–Trinajstić information content (AvgIpc) is 3.38. The van der Waals surface area contributed by atoms with Gasteiger partial charge in [0.1, 0.15) is 17.3 Å². The summed E-state index contributed by atoms with van der Waals surface area (Å²) in [5, 5.41) is 46.0. The van der Waals surface area contributed by atoms with Gasteiger partial charge in [0.25, 0.3) is 0 Å². The number of ether oxygens (including phenoxy) is 2. The van der Waals surface area contributed by atoms with Gasteiger partial charge in [-0.1, -0.05) is 104 Å². The van der Waals surface area contributed by atoms with E-state index in [2.05, 4.69) is 6.92 Å². The van der Waals surface area contributed by atoms with E-state index in [1.807, 2.05) is 13.8 Å².